The van der Waals surface area contributed by atoms with Crippen molar-refractivity contribution < 1.29 is 22.7 Å². The molecule has 9 heteroatoms. The predicted octanol–water partition coefficient (Wildman–Crippen LogP) is 1.87. The average Bonchev–Trinajstić information content (AvgIpc) is 2.62. The molecule has 1 aromatic carbocycles. The highest BCUT2D eigenvalue weighted by atomic mass is 32.2. The lowest BCUT2D eigenvalue weighted by molar-refractivity contribution is 0.0696. The van der Waals surface area contributed by atoms with Crippen LogP contribution in [0.4, 0.5) is 10.2 Å². The zero-order valence-corrected chi connectivity index (χ0v) is 14.6. The van der Waals surface area contributed by atoms with E-state index >= 15 is 0 Å². The van der Waals surface area contributed by atoms with Gasteiger partial charge < -0.3 is 10.0 Å². The van der Waals surface area contributed by atoms with Crippen LogP contribution in [0.25, 0.3) is 0 Å². The van der Waals surface area contributed by atoms with Crippen LogP contribution in [0.3, 0.4) is 0 Å². The molecule has 1 aromatic heterocycles. The summed E-state index contributed by atoms with van der Waals surface area (Å²) in [5.74, 6) is -0.855. The zero-order valence-electron chi connectivity index (χ0n) is 13.8. The number of halogens is 1. The molecule has 0 aliphatic carbocycles. The number of benzene rings is 1. The summed E-state index contributed by atoms with van der Waals surface area (Å²) in [6, 6.07) is 7.62. The first-order valence-electron chi connectivity index (χ1n) is 8.07. The maximum absolute atomic E-state index is 12.9. The predicted molar refractivity (Wildman–Crippen MR) is 93.2 cm³/mol. The lowest BCUT2D eigenvalue weighted by Gasteiger charge is -2.33. The Morgan fingerprint density at radius 1 is 1.15 bits per heavy atom. The molecule has 2 aromatic rings. The van der Waals surface area contributed by atoms with Gasteiger partial charge in [0.25, 0.3) is 0 Å². The second kappa shape index (κ2) is 7.38. The molecule has 2 heterocycles. The lowest BCUT2D eigenvalue weighted by Crippen LogP contribution is -2.44. The van der Waals surface area contributed by atoms with Gasteiger partial charge in [-0.05, 0) is 49.2 Å². The number of piperidine rings is 1. The quantitative estimate of drug-likeness (QED) is 0.823. The SMILES string of the molecule is O=C(O)c1ccc(N2CCC(NS(=O)(=O)c3ccc(F)cc3)CC2)nc1. The summed E-state index contributed by atoms with van der Waals surface area (Å²) in [4.78, 5) is 17.0. The number of carbonyl (C=O) groups is 1. The van der Waals surface area contributed by atoms with E-state index in [1.807, 2.05) is 4.90 Å². The Bertz CT molecular complexity index is 877. The highest BCUT2D eigenvalue weighted by molar-refractivity contribution is 7.89. The van der Waals surface area contributed by atoms with Crippen molar-refractivity contribution in [1.82, 2.24) is 9.71 Å². The minimum absolute atomic E-state index is 0.0345. The van der Waals surface area contributed by atoms with Gasteiger partial charge in [0.1, 0.15) is 11.6 Å². The normalized spacial score (nSPS) is 15.8. The molecule has 3 rings (SSSR count). The van der Waals surface area contributed by atoms with Crippen molar-refractivity contribution in [3.05, 3.63) is 54.0 Å². The van der Waals surface area contributed by atoms with E-state index < -0.39 is 21.8 Å². The minimum atomic E-state index is -3.69. The molecule has 0 unspecified atom stereocenters. The standard InChI is InChI=1S/C17H18FN3O4S/c18-13-2-4-15(5-3-13)26(24,25)20-14-7-9-21(10-8-14)16-6-1-12(11-19-16)17(22)23/h1-6,11,14,20H,7-10H2,(H,22,23). The first-order valence-corrected chi connectivity index (χ1v) is 9.56. The van der Waals surface area contributed by atoms with Crippen LogP contribution in [0.15, 0.2) is 47.5 Å². The van der Waals surface area contributed by atoms with E-state index in [-0.39, 0.29) is 16.5 Å². The molecule has 1 saturated heterocycles. The summed E-state index contributed by atoms with van der Waals surface area (Å²) >= 11 is 0. The molecule has 1 fully saturated rings. The average molecular weight is 379 g/mol. The van der Waals surface area contributed by atoms with Gasteiger partial charge in [-0.15, -0.1) is 0 Å². The molecule has 7 nitrogen and oxygen atoms in total. The summed E-state index contributed by atoms with van der Waals surface area (Å²) in [7, 11) is -3.69. The fraction of sp³-hybridized carbons (Fsp3) is 0.294. The summed E-state index contributed by atoms with van der Waals surface area (Å²) in [6.07, 6.45) is 2.48. The number of sulfonamides is 1. The number of hydrogen-bond donors (Lipinski definition) is 2. The summed E-state index contributed by atoms with van der Waals surface area (Å²) < 4.78 is 40.3. The van der Waals surface area contributed by atoms with E-state index in [0.29, 0.717) is 31.7 Å². The van der Waals surface area contributed by atoms with Gasteiger partial charge in [-0.2, -0.15) is 0 Å². The van der Waals surface area contributed by atoms with Crippen LogP contribution in [-0.4, -0.2) is 43.6 Å². The summed E-state index contributed by atoms with van der Waals surface area (Å²) in [6.45, 7) is 1.19. The third-order valence-corrected chi connectivity index (χ3v) is 5.80. The monoisotopic (exact) mass is 379 g/mol. The fourth-order valence-corrected chi connectivity index (χ4v) is 4.13. The number of rotatable bonds is 5. The molecular formula is C17H18FN3O4S. The van der Waals surface area contributed by atoms with Crippen molar-refractivity contribution >= 4 is 21.8 Å². The molecule has 0 radical (unpaired) electrons. The molecule has 0 amide bonds. The van der Waals surface area contributed by atoms with Gasteiger partial charge >= 0.3 is 5.97 Å². The number of anilines is 1. The summed E-state index contributed by atoms with van der Waals surface area (Å²) in [5.41, 5.74) is 0.121. The number of carboxylic acid groups (broad SMARTS) is 1. The smallest absolute Gasteiger partial charge is 0.337 e. The van der Waals surface area contributed by atoms with Crippen molar-refractivity contribution in [1.29, 1.82) is 0 Å². The number of nitrogens with one attached hydrogen (secondary N) is 1. The maximum atomic E-state index is 12.9. The van der Waals surface area contributed by atoms with Crippen molar-refractivity contribution in [3.63, 3.8) is 0 Å². The van der Waals surface area contributed by atoms with Gasteiger partial charge in [-0.3, -0.25) is 0 Å². The van der Waals surface area contributed by atoms with Gasteiger partial charge in [-0.25, -0.2) is 27.3 Å². The Morgan fingerprint density at radius 3 is 2.35 bits per heavy atom. The first-order chi connectivity index (χ1) is 12.3. The second-order valence-corrected chi connectivity index (χ2v) is 7.76. The number of carboxylic acids is 1. The number of pyridine rings is 1. The highest BCUT2D eigenvalue weighted by Gasteiger charge is 2.25. The molecule has 26 heavy (non-hydrogen) atoms. The van der Waals surface area contributed by atoms with Crippen LogP contribution in [-0.2, 0) is 10.0 Å². The van der Waals surface area contributed by atoms with Crippen LogP contribution < -0.4 is 9.62 Å². The van der Waals surface area contributed by atoms with Crippen molar-refractivity contribution in [2.24, 2.45) is 0 Å². The van der Waals surface area contributed by atoms with Crippen LogP contribution in [0, 0.1) is 5.82 Å². The molecule has 2 N–H and O–H groups in total. The molecule has 1 aliphatic rings. The maximum Gasteiger partial charge on any atom is 0.337 e. The third-order valence-electron chi connectivity index (χ3n) is 4.26. The largest absolute Gasteiger partial charge is 0.478 e. The van der Waals surface area contributed by atoms with Gasteiger partial charge in [0.2, 0.25) is 10.0 Å². The van der Waals surface area contributed by atoms with Crippen molar-refractivity contribution in [3.8, 4) is 0 Å². The molecular weight excluding hydrogens is 361 g/mol. The Morgan fingerprint density at radius 2 is 1.81 bits per heavy atom. The van der Waals surface area contributed by atoms with Crippen molar-refractivity contribution in [2.45, 2.75) is 23.8 Å². The molecule has 0 spiro atoms. The number of nitrogens with zero attached hydrogens (tertiary/aromatic N) is 2. The van der Waals surface area contributed by atoms with Crippen LogP contribution in [0.5, 0.6) is 0 Å². The lowest BCUT2D eigenvalue weighted by atomic mass is 10.1. The van der Waals surface area contributed by atoms with E-state index in [4.69, 9.17) is 5.11 Å². The van der Waals surface area contributed by atoms with Crippen molar-refractivity contribution in [2.75, 3.05) is 18.0 Å². The zero-order chi connectivity index (χ0) is 18.7. The van der Waals surface area contributed by atoms with Gasteiger partial charge in [0.15, 0.2) is 0 Å². The Labute approximate surface area is 150 Å². The van der Waals surface area contributed by atoms with Crippen LogP contribution in [0.1, 0.15) is 23.2 Å². The second-order valence-electron chi connectivity index (χ2n) is 6.05. The van der Waals surface area contributed by atoms with E-state index in [1.165, 1.54) is 24.4 Å². The Hall–Kier alpha value is -2.52. The number of hydrogen-bond acceptors (Lipinski definition) is 5. The number of aromatic nitrogens is 1. The minimum Gasteiger partial charge on any atom is -0.478 e. The molecule has 138 valence electrons. The van der Waals surface area contributed by atoms with Gasteiger partial charge in [0.05, 0.1) is 10.5 Å². The van der Waals surface area contributed by atoms with Crippen LogP contribution in [0.2, 0.25) is 0 Å². The molecule has 0 atom stereocenters. The Kier molecular flexibility index (Phi) is 5.19. The molecule has 1 aliphatic heterocycles. The van der Waals surface area contributed by atoms with Crippen LogP contribution >= 0.6 is 0 Å². The topological polar surface area (TPSA) is 99.6 Å². The van der Waals surface area contributed by atoms with Gasteiger partial charge in [0, 0.05) is 25.3 Å². The molecule has 0 saturated carbocycles. The van der Waals surface area contributed by atoms with E-state index in [9.17, 15) is 17.6 Å². The van der Waals surface area contributed by atoms with E-state index in [2.05, 4.69) is 9.71 Å². The van der Waals surface area contributed by atoms with E-state index in [1.54, 1.807) is 6.07 Å². The third kappa shape index (κ3) is 4.17. The van der Waals surface area contributed by atoms with E-state index in [0.717, 1.165) is 12.1 Å². The van der Waals surface area contributed by atoms with Gasteiger partial charge in [-0.1, -0.05) is 0 Å². The fourth-order valence-electron chi connectivity index (χ4n) is 2.83. The molecule has 0 bridgehead atoms. The highest BCUT2D eigenvalue weighted by Crippen LogP contribution is 2.20. The Balaban J connectivity index is 1.59. The summed E-state index contributed by atoms with van der Waals surface area (Å²) in [5, 5.41) is 8.90. The first kappa shape index (κ1) is 18.3. The number of aromatic carboxylic acids is 1.